The van der Waals surface area contributed by atoms with Crippen molar-refractivity contribution in [2.45, 2.75) is 6.54 Å². The van der Waals surface area contributed by atoms with Crippen molar-refractivity contribution in [2.75, 3.05) is 11.9 Å². The van der Waals surface area contributed by atoms with E-state index < -0.39 is 0 Å². The second-order valence-corrected chi connectivity index (χ2v) is 6.11. The lowest BCUT2D eigenvalue weighted by atomic mass is 10.0. The Morgan fingerprint density at radius 2 is 1.55 bits per heavy atom. The van der Waals surface area contributed by atoms with Gasteiger partial charge in [0.1, 0.15) is 0 Å². The number of hydrogen-bond donors (Lipinski definition) is 0. The highest BCUT2D eigenvalue weighted by atomic mass is 127. The van der Waals surface area contributed by atoms with Gasteiger partial charge < -0.3 is 4.90 Å². The highest BCUT2D eigenvalue weighted by Gasteiger charge is 2.07. The molecule has 0 saturated carbocycles. The Hall–Kier alpha value is -1.55. The predicted molar refractivity (Wildman–Crippen MR) is 95.2 cm³/mol. The monoisotopic (exact) mass is 373 g/mol. The molecule has 0 N–H and O–H groups in total. The van der Waals surface area contributed by atoms with Crippen LogP contribution in [0.3, 0.4) is 0 Å². The topological polar surface area (TPSA) is 3.24 Å². The second-order valence-electron chi connectivity index (χ2n) is 4.95. The summed E-state index contributed by atoms with van der Waals surface area (Å²) >= 11 is 2.39. The minimum Gasteiger partial charge on any atom is -0.369 e. The van der Waals surface area contributed by atoms with E-state index in [0.29, 0.717) is 0 Å². The quantitative estimate of drug-likeness (QED) is 0.579. The first kappa shape index (κ1) is 13.4. The van der Waals surface area contributed by atoms with Crippen LogP contribution in [-0.2, 0) is 6.54 Å². The number of rotatable bonds is 3. The first-order valence-electron chi connectivity index (χ1n) is 6.68. The van der Waals surface area contributed by atoms with Crippen LogP contribution < -0.4 is 4.90 Å². The second kappa shape index (κ2) is 5.83. The van der Waals surface area contributed by atoms with Crippen molar-refractivity contribution in [3.8, 4) is 0 Å². The molecule has 0 amide bonds. The zero-order chi connectivity index (χ0) is 13.9. The van der Waals surface area contributed by atoms with E-state index in [1.165, 1.54) is 25.6 Å². The molecule has 0 unspecified atom stereocenters. The summed E-state index contributed by atoms with van der Waals surface area (Å²) in [6.45, 7) is 0.918. The molecule has 0 atom stereocenters. The van der Waals surface area contributed by atoms with Crippen molar-refractivity contribution in [3.63, 3.8) is 0 Å². The molecule has 100 valence electrons. The molecule has 0 radical (unpaired) electrons. The van der Waals surface area contributed by atoms with E-state index in [9.17, 15) is 0 Å². The molecule has 0 bridgehead atoms. The number of nitrogens with zero attached hydrogens (tertiary/aromatic N) is 1. The van der Waals surface area contributed by atoms with Gasteiger partial charge in [-0.25, -0.2) is 0 Å². The summed E-state index contributed by atoms with van der Waals surface area (Å²) < 4.78 is 1.29. The largest absolute Gasteiger partial charge is 0.369 e. The number of benzene rings is 3. The summed E-state index contributed by atoms with van der Waals surface area (Å²) in [6, 6.07) is 23.6. The van der Waals surface area contributed by atoms with E-state index in [0.717, 1.165) is 6.54 Å². The van der Waals surface area contributed by atoms with Gasteiger partial charge in [-0.05, 0) is 51.1 Å². The van der Waals surface area contributed by atoms with Gasteiger partial charge >= 0.3 is 0 Å². The SMILES string of the molecule is CN(Cc1cccc2ccccc12)c1ccccc1I. The van der Waals surface area contributed by atoms with Gasteiger partial charge in [0.05, 0.1) is 5.69 Å². The van der Waals surface area contributed by atoms with Gasteiger partial charge in [-0.1, -0.05) is 54.6 Å². The minimum absolute atomic E-state index is 0.918. The van der Waals surface area contributed by atoms with E-state index in [-0.39, 0.29) is 0 Å². The summed E-state index contributed by atoms with van der Waals surface area (Å²) in [5, 5.41) is 2.65. The molecule has 0 fully saturated rings. The van der Waals surface area contributed by atoms with Gasteiger partial charge in [0, 0.05) is 17.2 Å². The fourth-order valence-electron chi connectivity index (χ4n) is 2.53. The normalized spacial score (nSPS) is 10.7. The average molecular weight is 373 g/mol. The smallest absolute Gasteiger partial charge is 0.0502 e. The van der Waals surface area contributed by atoms with Gasteiger partial charge in [-0.3, -0.25) is 0 Å². The number of halogens is 1. The molecule has 0 aliphatic rings. The first-order chi connectivity index (χ1) is 9.75. The van der Waals surface area contributed by atoms with Crippen LogP contribution >= 0.6 is 22.6 Å². The van der Waals surface area contributed by atoms with Crippen LogP contribution in [0.4, 0.5) is 5.69 Å². The van der Waals surface area contributed by atoms with Crippen molar-refractivity contribution in [1.82, 2.24) is 0 Å². The van der Waals surface area contributed by atoms with Crippen LogP contribution in [-0.4, -0.2) is 7.05 Å². The molecule has 1 nitrogen and oxygen atoms in total. The van der Waals surface area contributed by atoms with Gasteiger partial charge in [-0.2, -0.15) is 0 Å². The lowest BCUT2D eigenvalue weighted by Gasteiger charge is -2.21. The van der Waals surface area contributed by atoms with Crippen molar-refractivity contribution in [3.05, 3.63) is 75.9 Å². The van der Waals surface area contributed by atoms with E-state index in [2.05, 4.69) is 101 Å². The maximum atomic E-state index is 2.39. The first-order valence-corrected chi connectivity index (χ1v) is 7.76. The summed E-state index contributed by atoms with van der Waals surface area (Å²) in [6.07, 6.45) is 0. The summed E-state index contributed by atoms with van der Waals surface area (Å²) in [4.78, 5) is 2.31. The van der Waals surface area contributed by atoms with Crippen molar-refractivity contribution >= 4 is 39.1 Å². The molecule has 20 heavy (non-hydrogen) atoms. The molecule has 0 aromatic heterocycles. The van der Waals surface area contributed by atoms with Crippen LogP contribution in [0.25, 0.3) is 10.8 Å². The number of para-hydroxylation sites is 1. The van der Waals surface area contributed by atoms with E-state index in [1.54, 1.807) is 0 Å². The Kier molecular flexibility index (Phi) is 3.92. The van der Waals surface area contributed by atoms with Gasteiger partial charge in [0.15, 0.2) is 0 Å². The van der Waals surface area contributed by atoms with E-state index in [1.807, 2.05) is 0 Å². The van der Waals surface area contributed by atoms with Gasteiger partial charge in [-0.15, -0.1) is 0 Å². The Morgan fingerprint density at radius 1 is 0.850 bits per heavy atom. The Bertz CT molecular complexity index is 731. The Labute approximate surface area is 133 Å². The summed E-state index contributed by atoms with van der Waals surface area (Å²) in [7, 11) is 2.15. The molecular formula is C18H16IN. The minimum atomic E-state index is 0.918. The van der Waals surface area contributed by atoms with Crippen molar-refractivity contribution in [2.24, 2.45) is 0 Å². The molecule has 0 aliphatic carbocycles. The maximum absolute atomic E-state index is 2.39. The fourth-order valence-corrected chi connectivity index (χ4v) is 3.33. The molecule has 0 aliphatic heterocycles. The highest BCUT2D eigenvalue weighted by molar-refractivity contribution is 14.1. The lowest BCUT2D eigenvalue weighted by molar-refractivity contribution is 0.927. The van der Waals surface area contributed by atoms with Crippen LogP contribution in [0.2, 0.25) is 0 Å². The number of fused-ring (bicyclic) bond motifs is 1. The zero-order valence-electron chi connectivity index (χ0n) is 11.4. The lowest BCUT2D eigenvalue weighted by Crippen LogP contribution is -2.17. The third-order valence-corrected chi connectivity index (χ3v) is 4.46. The van der Waals surface area contributed by atoms with Crippen LogP contribution in [0.15, 0.2) is 66.7 Å². The Balaban J connectivity index is 1.96. The summed E-state index contributed by atoms with van der Waals surface area (Å²) in [5.74, 6) is 0. The maximum Gasteiger partial charge on any atom is 0.0502 e. The van der Waals surface area contributed by atoms with Crippen molar-refractivity contribution in [1.29, 1.82) is 0 Å². The third kappa shape index (κ3) is 2.66. The molecule has 0 heterocycles. The van der Waals surface area contributed by atoms with Gasteiger partial charge in [0.25, 0.3) is 0 Å². The molecule has 3 rings (SSSR count). The standard InChI is InChI=1S/C18H16IN/c1-20(18-12-5-4-11-17(18)19)13-15-9-6-8-14-7-2-3-10-16(14)15/h2-12H,13H2,1H3. The van der Waals surface area contributed by atoms with Gasteiger partial charge in [0.2, 0.25) is 0 Å². The number of anilines is 1. The molecule has 0 spiro atoms. The summed E-state index contributed by atoms with van der Waals surface area (Å²) in [5.41, 5.74) is 2.64. The molecule has 2 heteroatoms. The molecular weight excluding hydrogens is 357 g/mol. The predicted octanol–water partition coefficient (Wildman–Crippen LogP) is 5.08. The third-order valence-electron chi connectivity index (χ3n) is 3.55. The highest BCUT2D eigenvalue weighted by Crippen LogP contribution is 2.25. The van der Waals surface area contributed by atoms with Crippen LogP contribution in [0.5, 0.6) is 0 Å². The van der Waals surface area contributed by atoms with Crippen molar-refractivity contribution < 1.29 is 0 Å². The van der Waals surface area contributed by atoms with Crippen LogP contribution in [0, 0.1) is 3.57 Å². The average Bonchev–Trinajstić information content (AvgIpc) is 2.48. The number of hydrogen-bond acceptors (Lipinski definition) is 1. The van der Waals surface area contributed by atoms with E-state index >= 15 is 0 Å². The molecule has 3 aromatic carbocycles. The molecule has 0 saturated heterocycles. The van der Waals surface area contributed by atoms with E-state index in [4.69, 9.17) is 0 Å². The fraction of sp³-hybridized carbons (Fsp3) is 0.111. The molecule has 3 aromatic rings. The van der Waals surface area contributed by atoms with Crippen LogP contribution in [0.1, 0.15) is 5.56 Å². The zero-order valence-corrected chi connectivity index (χ0v) is 13.5. The Morgan fingerprint density at radius 3 is 2.40 bits per heavy atom.